The quantitative estimate of drug-likeness (QED) is 0.268. The van der Waals surface area contributed by atoms with Gasteiger partial charge in [0.1, 0.15) is 0 Å². The van der Waals surface area contributed by atoms with E-state index < -0.39 is 22.2 Å². The fraction of sp³-hybridized carbons (Fsp3) is 0.344. The predicted molar refractivity (Wildman–Crippen MR) is 164 cm³/mol. The molecule has 0 radical (unpaired) electrons. The Morgan fingerprint density at radius 1 is 1.05 bits per heavy atom. The standard InChI is InChI=1S/C32H38N4O4S/c1-4-25-21-36-13-14-41(39,40)35(3)29-18-26(17-27(25)31(29)36)32(38)34-28(16-23-10-6-5-7-11-23)30(37)20-33-19-24-12-8-9-22(2)15-24/h5-12,15,17-18,21,28,30,33,37H,4,13-14,16,19-20H2,1-3H3,(H,34,38)/t28-,30+/m0/s1. The Morgan fingerprint density at radius 3 is 2.54 bits per heavy atom. The van der Waals surface area contributed by atoms with Gasteiger partial charge in [0.25, 0.3) is 5.91 Å². The lowest BCUT2D eigenvalue weighted by Gasteiger charge is -2.25. The second-order valence-electron chi connectivity index (χ2n) is 10.8. The fourth-order valence-corrected chi connectivity index (χ4v) is 6.69. The lowest BCUT2D eigenvalue weighted by Crippen LogP contribution is -2.48. The summed E-state index contributed by atoms with van der Waals surface area (Å²) in [6.07, 6.45) is 2.34. The number of sulfonamides is 1. The molecule has 0 spiro atoms. The van der Waals surface area contributed by atoms with Crippen LogP contribution >= 0.6 is 0 Å². The number of amides is 1. The van der Waals surface area contributed by atoms with Gasteiger partial charge in [-0.1, -0.05) is 67.1 Å². The Morgan fingerprint density at radius 2 is 1.80 bits per heavy atom. The molecule has 4 aromatic rings. The van der Waals surface area contributed by atoms with Crippen molar-refractivity contribution in [3.05, 3.63) is 101 Å². The van der Waals surface area contributed by atoms with Crippen LogP contribution in [0.5, 0.6) is 0 Å². The fourth-order valence-electron chi connectivity index (χ4n) is 5.55. The van der Waals surface area contributed by atoms with Crippen LogP contribution in [0, 0.1) is 6.92 Å². The summed E-state index contributed by atoms with van der Waals surface area (Å²) in [5.74, 6) is -0.361. The molecule has 1 amide bonds. The number of hydrogen-bond acceptors (Lipinski definition) is 5. The number of nitrogens with zero attached hydrogens (tertiary/aromatic N) is 2. The lowest BCUT2D eigenvalue weighted by molar-refractivity contribution is 0.0830. The molecule has 1 aromatic heterocycles. The molecular weight excluding hydrogens is 536 g/mol. The first-order valence-electron chi connectivity index (χ1n) is 14.1. The molecule has 216 valence electrons. The highest BCUT2D eigenvalue weighted by atomic mass is 32.2. The van der Waals surface area contributed by atoms with E-state index in [9.17, 15) is 18.3 Å². The van der Waals surface area contributed by atoms with Gasteiger partial charge >= 0.3 is 0 Å². The number of rotatable bonds is 10. The number of aliphatic hydroxyl groups is 1. The van der Waals surface area contributed by atoms with Gasteiger partial charge in [-0.2, -0.15) is 0 Å². The molecule has 0 bridgehead atoms. The number of nitrogens with one attached hydrogen (secondary N) is 2. The van der Waals surface area contributed by atoms with E-state index in [2.05, 4.69) is 16.7 Å². The molecule has 0 aliphatic carbocycles. The van der Waals surface area contributed by atoms with E-state index in [1.54, 1.807) is 13.1 Å². The van der Waals surface area contributed by atoms with Crippen LogP contribution in [0.4, 0.5) is 5.69 Å². The van der Waals surface area contributed by atoms with E-state index in [4.69, 9.17) is 0 Å². The Bertz CT molecular complexity index is 1650. The Balaban J connectivity index is 1.42. The third kappa shape index (κ3) is 6.32. The monoisotopic (exact) mass is 574 g/mol. The van der Waals surface area contributed by atoms with Crippen molar-refractivity contribution in [2.24, 2.45) is 0 Å². The zero-order chi connectivity index (χ0) is 29.1. The molecule has 41 heavy (non-hydrogen) atoms. The number of aromatic nitrogens is 1. The van der Waals surface area contributed by atoms with Crippen molar-refractivity contribution in [2.45, 2.75) is 51.9 Å². The van der Waals surface area contributed by atoms with Gasteiger partial charge in [0.2, 0.25) is 10.0 Å². The second kappa shape index (κ2) is 12.1. The van der Waals surface area contributed by atoms with E-state index in [1.165, 1.54) is 9.87 Å². The summed E-state index contributed by atoms with van der Waals surface area (Å²) in [5.41, 5.74) is 6.02. The summed E-state index contributed by atoms with van der Waals surface area (Å²) < 4.78 is 29.1. The SMILES string of the molecule is CCc1cn2c3c(cc(C(=O)N[C@@H](Cc4ccccc4)[C@H](O)CNCc4cccc(C)c4)cc13)N(C)S(=O)(=O)CC2. The first-order chi connectivity index (χ1) is 19.7. The average molecular weight is 575 g/mol. The third-order valence-electron chi connectivity index (χ3n) is 7.87. The zero-order valence-corrected chi connectivity index (χ0v) is 24.6. The Kier molecular flexibility index (Phi) is 8.49. The number of hydrogen-bond donors (Lipinski definition) is 3. The molecule has 0 saturated heterocycles. The van der Waals surface area contributed by atoms with E-state index in [-0.39, 0.29) is 11.7 Å². The smallest absolute Gasteiger partial charge is 0.251 e. The van der Waals surface area contributed by atoms with Gasteiger partial charge in [-0.05, 0) is 48.6 Å². The van der Waals surface area contributed by atoms with Crippen LogP contribution in [0.1, 0.15) is 39.5 Å². The summed E-state index contributed by atoms with van der Waals surface area (Å²) in [5, 5.41) is 18.5. The number of carbonyl (C=O) groups is 1. The number of aliphatic hydroxyl groups excluding tert-OH is 1. The molecule has 2 atom stereocenters. The molecule has 1 aliphatic heterocycles. The van der Waals surface area contributed by atoms with Crippen molar-refractivity contribution in [3.63, 3.8) is 0 Å². The number of aryl methyl sites for hydroxylation is 3. The summed E-state index contributed by atoms with van der Waals surface area (Å²) in [4.78, 5) is 13.8. The minimum atomic E-state index is -3.52. The maximum atomic E-state index is 13.8. The minimum absolute atomic E-state index is 0.00641. The number of carbonyl (C=O) groups excluding carboxylic acids is 1. The van der Waals surface area contributed by atoms with E-state index in [0.717, 1.165) is 34.0 Å². The van der Waals surface area contributed by atoms with E-state index >= 15 is 0 Å². The molecule has 1 aliphatic rings. The van der Waals surface area contributed by atoms with Gasteiger partial charge in [0.05, 0.1) is 29.1 Å². The van der Waals surface area contributed by atoms with Gasteiger partial charge < -0.3 is 20.3 Å². The molecule has 3 N–H and O–H groups in total. The second-order valence-corrected chi connectivity index (χ2v) is 13.0. The zero-order valence-electron chi connectivity index (χ0n) is 23.8. The summed E-state index contributed by atoms with van der Waals surface area (Å²) in [6, 6.07) is 20.9. The summed E-state index contributed by atoms with van der Waals surface area (Å²) in [6.45, 7) is 5.35. The molecule has 2 heterocycles. The Labute approximate surface area is 242 Å². The van der Waals surface area contributed by atoms with Crippen LogP contribution in [0.25, 0.3) is 10.9 Å². The van der Waals surface area contributed by atoms with Crippen molar-refractivity contribution in [1.29, 1.82) is 0 Å². The van der Waals surface area contributed by atoms with Crippen molar-refractivity contribution in [2.75, 3.05) is 23.7 Å². The molecule has 0 fully saturated rings. The molecule has 0 saturated carbocycles. The van der Waals surface area contributed by atoms with Gasteiger partial charge in [0.15, 0.2) is 0 Å². The van der Waals surface area contributed by atoms with Crippen molar-refractivity contribution < 1.29 is 18.3 Å². The molecule has 0 unspecified atom stereocenters. The number of benzene rings is 3. The van der Waals surface area contributed by atoms with Crippen LogP contribution in [0.3, 0.4) is 0 Å². The van der Waals surface area contributed by atoms with Gasteiger partial charge in [-0.15, -0.1) is 0 Å². The van der Waals surface area contributed by atoms with Crippen LogP contribution in [-0.2, 0) is 36.0 Å². The minimum Gasteiger partial charge on any atom is -0.390 e. The van der Waals surface area contributed by atoms with Crippen LogP contribution in [0.15, 0.2) is 72.9 Å². The maximum Gasteiger partial charge on any atom is 0.251 e. The number of anilines is 1. The molecule has 3 aromatic carbocycles. The topological polar surface area (TPSA) is 104 Å². The molecule has 5 rings (SSSR count). The van der Waals surface area contributed by atoms with Crippen LogP contribution in [-0.4, -0.2) is 55.5 Å². The van der Waals surface area contributed by atoms with Gasteiger partial charge in [0, 0.05) is 43.8 Å². The largest absolute Gasteiger partial charge is 0.390 e. The van der Waals surface area contributed by atoms with E-state index in [1.807, 2.05) is 79.2 Å². The predicted octanol–water partition coefficient (Wildman–Crippen LogP) is 3.78. The summed E-state index contributed by atoms with van der Waals surface area (Å²) >= 11 is 0. The molecular formula is C32H38N4O4S. The highest BCUT2D eigenvalue weighted by molar-refractivity contribution is 7.92. The van der Waals surface area contributed by atoms with Crippen LogP contribution < -0.4 is 14.9 Å². The first kappa shape index (κ1) is 28.9. The highest BCUT2D eigenvalue weighted by Crippen LogP contribution is 2.35. The third-order valence-corrected chi connectivity index (χ3v) is 9.60. The van der Waals surface area contributed by atoms with Gasteiger partial charge in [-0.3, -0.25) is 9.10 Å². The Hall–Kier alpha value is -3.66. The molecule has 8 nitrogen and oxygen atoms in total. The molecule has 9 heteroatoms. The van der Waals surface area contributed by atoms with Crippen LogP contribution in [0.2, 0.25) is 0 Å². The van der Waals surface area contributed by atoms with Gasteiger partial charge in [-0.25, -0.2) is 8.42 Å². The lowest BCUT2D eigenvalue weighted by atomic mass is 9.99. The maximum absolute atomic E-state index is 13.8. The average Bonchev–Trinajstić information content (AvgIpc) is 3.29. The van der Waals surface area contributed by atoms with Crippen molar-refractivity contribution in [1.82, 2.24) is 15.2 Å². The van der Waals surface area contributed by atoms with Crippen molar-refractivity contribution in [3.8, 4) is 0 Å². The van der Waals surface area contributed by atoms with E-state index in [0.29, 0.717) is 37.3 Å². The highest BCUT2D eigenvalue weighted by Gasteiger charge is 2.29. The summed E-state index contributed by atoms with van der Waals surface area (Å²) in [7, 11) is -1.98. The first-order valence-corrected chi connectivity index (χ1v) is 15.7. The normalized spacial score (nSPS) is 15.9. The van der Waals surface area contributed by atoms with Crippen molar-refractivity contribution >= 4 is 32.5 Å².